The highest BCUT2D eigenvalue weighted by molar-refractivity contribution is 7.90. The lowest BCUT2D eigenvalue weighted by atomic mass is 10.5. The molecule has 0 bridgehead atoms. The number of fused-ring (bicyclic) bond motifs is 1. The van der Waals surface area contributed by atoms with Gasteiger partial charge >= 0.3 is 5.69 Å². The highest BCUT2D eigenvalue weighted by Gasteiger charge is 2.05. The second kappa shape index (κ2) is 5.54. The fourth-order valence-corrected chi connectivity index (χ4v) is 2.20. The van der Waals surface area contributed by atoms with Crippen LogP contribution in [0, 0.1) is 0 Å². The molecule has 0 radical (unpaired) electrons. The molecule has 0 spiro atoms. The summed E-state index contributed by atoms with van der Waals surface area (Å²) < 4.78 is 24.7. The zero-order valence-electron chi connectivity index (χ0n) is 10.6. The SMILES string of the molecule is CS(=O)(=O)CCNCCn1nc2ccccn2c1=O. The second-order valence-corrected chi connectivity index (χ2v) is 6.57. The number of hydrogen-bond acceptors (Lipinski definition) is 5. The fourth-order valence-electron chi connectivity index (χ4n) is 1.68. The first-order chi connectivity index (χ1) is 8.97. The van der Waals surface area contributed by atoms with E-state index in [2.05, 4.69) is 10.4 Å². The van der Waals surface area contributed by atoms with Gasteiger partial charge in [-0.05, 0) is 12.1 Å². The number of nitrogens with zero attached hydrogens (tertiary/aromatic N) is 3. The first kappa shape index (κ1) is 13.8. The summed E-state index contributed by atoms with van der Waals surface area (Å²) in [7, 11) is -2.95. The molecule has 2 aromatic heterocycles. The molecule has 2 heterocycles. The van der Waals surface area contributed by atoms with Crippen LogP contribution in [0.3, 0.4) is 0 Å². The van der Waals surface area contributed by atoms with E-state index < -0.39 is 9.84 Å². The normalized spacial score (nSPS) is 12.1. The van der Waals surface area contributed by atoms with Crippen molar-refractivity contribution in [2.24, 2.45) is 0 Å². The topological polar surface area (TPSA) is 85.5 Å². The molecule has 0 aromatic carbocycles. The van der Waals surface area contributed by atoms with Gasteiger partial charge in [-0.15, -0.1) is 5.10 Å². The van der Waals surface area contributed by atoms with Crippen LogP contribution >= 0.6 is 0 Å². The van der Waals surface area contributed by atoms with Crippen molar-refractivity contribution < 1.29 is 8.42 Å². The van der Waals surface area contributed by atoms with Crippen molar-refractivity contribution in [3.63, 3.8) is 0 Å². The Labute approximate surface area is 110 Å². The van der Waals surface area contributed by atoms with Crippen molar-refractivity contribution in [3.8, 4) is 0 Å². The van der Waals surface area contributed by atoms with E-state index in [9.17, 15) is 13.2 Å². The molecule has 0 saturated heterocycles. The molecule has 0 amide bonds. The van der Waals surface area contributed by atoms with E-state index in [1.165, 1.54) is 15.3 Å². The quantitative estimate of drug-likeness (QED) is 0.697. The zero-order valence-corrected chi connectivity index (χ0v) is 11.4. The maximum atomic E-state index is 11.9. The zero-order chi connectivity index (χ0) is 13.9. The Morgan fingerprint density at radius 3 is 2.79 bits per heavy atom. The number of hydrogen-bond donors (Lipinski definition) is 1. The van der Waals surface area contributed by atoms with Gasteiger partial charge in [0, 0.05) is 25.5 Å². The first-order valence-electron chi connectivity index (χ1n) is 5.90. The molecule has 0 aliphatic carbocycles. The molecule has 104 valence electrons. The van der Waals surface area contributed by atoms with Gasteiger partial charge in [0.2, 0.25) is 0 Å². The van der Waals surface area contributed by atoms with E-state index in [0.29, 0.717) is 25.3 Å². The Hall–Kier alpha value is -1.67. The highest BCUT2D eigenvalue weighted by atomic mass is 32.2. The van der Waals surface area contributed by atoms with Gasteiger partial charge in [0.1, 0.15) is 9.84 Å². The summed E-state index contributed by atoms with van der Waals surface area (Å²) in [5.74, 6) is 0.0903. The minimum Gasteiger partial charge on any atom is -0.314 e. The van der Waals surface area contributed by atoms with Crippen LogP contribution in [0.25, 0.3) is 5.65 Å². The van der Waals surface area contributed by atoms with E-state index in [1.54, 1.807) is 18.3 Å². The average molecular weight is 284 g/mol. The molecule has 19 heavy (non-hydrogen) atoms. The van der Waals surface area contributed by atoms with E-state index in [4.69, 9.17) is 0 Å². The van der Waals surface area contributed by atoms with Gasteiger partial charge in [-0.1, -0.05) is 6.07 Å². The summed E-state index contributed by atoms with van der Waals surface area (Å²) in [4.78, 5) is 11.9. The largest absolute Gasteiger partial charge is 0.350 e. The van der Waals surface area contributed by atoms with Crippen molar-refractivity contribution in [1.82, 2.24) is 19.5 Å². The monoisotopic (exact) mass is 284 g/mol. The number of nitrogens with one attached hydrogen (secondary N) is 1. The summed E-state index contributed by atoms with van der Waals surface area (Å²) in [5.41, 5.74) is 0.407. The molecule has 0 atom stereocenters. The summed E-state index contributed by atoms with van der Waals surface area (Å²) in [6, 6.07) is 5.34. The van der Waals surface area contributed by atoms with Gasteiger partial charge in [-0.25, -0.2) is 17.9 Å². The van der Waals surface area contributed by atoms with Crippen LogP contribution in [0.5, 0.6) is 0 Å². The number of sulfone groups is 1. The molecule has 0 unspecified atom stereocenters. The van der Waals surface area contributed by atoms with Crippen LogP contribution in [0.2, 0.25) is 0 Å². The molecular formula is C11H16N4O3S. The van der Waals surface area contributed by atoms with Gasteiger partial charge in [-0.2, -0.15) is 0 Å². The van der Waals surface area contributed by atoms with Crippen LogP contribution in [0.15, 0.2) is 29.2 Å². The second-order valence-electron chi connectivity index (χ2n) is 4.31. The Morgan fingerprint density at radius 1 is 1.32 bits per heavy atom. The highest BCUT2D eigenvalue weighted by Crippen LogP contribution is 1.94. The number of pyridine rings is 1. The first-order valence-corrected chi connectivity index (χ1v) is 7.96. The Balaban J connectivity index is 1.92. The number of rotatable bonds is 6. The lowest BCUT2D eigenvalue weighted by Gasteiger charge is -2.02. The third-order valence-corrected chi connectivity index (χ3v) is 3.58. The van der Waals surface area contributed by atoms with Gasteiger partial charge in [-0.3, -0.25) is 4.40 Å². The lowest BCUT2D eigenvalue weighted by molar-refractivity contribution is 0.547. The van der Waals surface area contributed by atoms with Gasteiger partial charge < -0.3 is 5.32 Å². The summed E-state index contributed by atoms with van der Waals surface area (Å²) in [6.07, 6.45) is 2.86. The van der Waals surface area contributed by atoms with E-state index in [0.717, 1.165) is 0 Å². The average Bonchev–Trinajstić information content (AvgIpc) is 2.65. The molecule has 2 rings (SSSR count). The maximum absolute atomic E-state index is 11.9. The van der Waals surface area contributed by atoms with Crippen molar-refractivity contribution in [2.45, 2.75) is 6.54 Å². The molecule has 8 heteroatoms. The molecule has 0 saturated carbocycles. The smallest absolute Gasteiger partial charge is 0.314 e. The minimum absolute atomic E-state index is 0.0903. The fraction of sp³-hybridized carbons (Fsp3) is 0.455. The molecule has 0 aliphatic heterocycles. The number of aromatic nitrogens is 3. The van der Waals surface area contributed by atoms with Gasteiger partial charge in [0.05, 0.1) is 12.3 Å². The Bertz CT molecular complexity index is 717. The van der Waals surface area contributed by atoms with Crippen molar-refractivity contribution in [2.75, 3.05) is 25.1 Å². The van der Waals surface area contributed by atoms with E-state index >= 15 is 0 Å². The predicted molar refractivity (Wildman–Crippen MR) is 72.0 cm³/mol. The van der Waals surface area contributed by atoms with Crippen LogP contribution in [-0.2, 0) is 16.4 Å². The van der Waals surface area contributed by atoms with Crippen molar-refractivity contribution in [1.29, 1.82) is 0 Å². The minimum atomic E-state index is -2.95. The third kappa shape index (κ3) is 3.65. The van der Waals surface area contributed by atoms with Crippen molar-refractivity contribution in [3.05, 3.63) is 34.9 Å². The van der Waals surface area contributed by atoms with Crippen molar-refractivity contribution >= 4 is 15.5 Å². The molecule has 2 aromatic rings. The molecule has 1 N–H and O–H groups in total. The van der Waals surface area contributed by atoms with Crippen LogP contribution in [0.1, 0.15) is 0 Å². The Morgan fingerprint density at radius 2 is 2.11 bits per heavy atom. The summed E-state index contributed by atoms with van der Waals surface area (Å²) in [6.45, 7) is 1.28. The van der Waals surface area contributed by atoms with E-state index in [1.807, 2.05) is 6.07 Å². The summed E-state index contributed by atoms with van der Waals surface area (Å²) >= 11 is 0. The molecule has 0 fully saturated rings. The lowest BCUT2D eigenvalue weighted by Crippen LogP contribution is -2.30. The van der Waals surface area contributed by atoms with E-state index in [-0.39, 0.29) is 11.4 Å². The third-order valence-electron chi connectivity index (χ3n) is 2.64. The molecule has 7 nitrogen and oxygen atoms in total. The molecule has 0 aliphatic rings. The van der Waals surface area contributed by atoms with Gasteiger partial charge in [0.25, 0.3) is 0 Å². The molecular weight excluding hydrogens is 268 g/mol. The standard InChI is InChI=1S/C11H16N4O3S/c1-19(17,18)9-6-12-5-8-15-11(16)14-7-3-2-4-10(14)13-15/h2-4,7,12H,5-6,8-9H2,1H3. The van der Waals surface area contributed by atoms with Gasteiger partial charge in [0.15, 0.2) is 5.65 Å². The van der Waals surface area contributed by atoms with Crippen LogP contribution in [0.4, 0.5) is 0 Å². The predicted octanol–water partition coefficient (Wildman–Crippen LogP) is -0.870. The Kier molecular flexibility index (Phi) is 4.01. The maximum Gasteiger partial charge on any atom is 0.350 e. The van der Waals surface area contributed by atoms with Crippen LogP contribution < -0.4 is 11.0 Å². The van der Waals surface area contributed by atoms with Crippen LogP contribution in [-0.4, -0.2) is 47.7 Å². The summed E-state index contributed by atoms with van der Waals surface area (Å²) in [5, 5.41) is 7.14.